The molecule has 0 bridgehead atoms. The van der Waals surface area contributed by atoms with Crippen LogP contribution in [0.1, 0.15) is 16.7 Å². The number of halogens is 33. The van der Waals surface area contributed by atoms with Crippen LogP contribution in [-0.2, 0) is 18.5 Å². The van der Waals surface area contributed by atoms with Crippen LogP contribution in [-0.4, -0.2) is 0 Å². The number of rotatable bonds is 7. The molecule has 0 saturated heterocycles. The number of hydrogen-bond donors (Lipinski definition) is 0. The number of hydrogen-bond acceptors (Lipinski definition) is 2. The predicted molar refractivity (Wildman–Crippen MR) is 175 cm³/mol. The van der Waals surface area contributed by atoms with E-state index in [0.29, 0.717) is 0 Å². The minimum Gasteiger partial charge on any atom is -0.294 e. The number of alkyl halides is 9. The molecule has 0 unspecified atom stereocenters. The SMILES string of the molecule is Fc1cc(F)c(F)c(N(c2c(F)c(F)c(-c3c(F)c(F)c(N(c4c(F)c(F)c(C(F)(F)F)c(F)c4F)c4c(F)c(F)c(C(F)(F)F)c(F)c4F)c(F)c3F)c(F)c2F)c2c(F)c(F)c(C(F)(F)F)c(F)c2F)c1F. The fourth-order valence-corrected chi connectivity index (χ4v) is 6.70. The molecule has 398 valence electrons. The van der Waals surface area contributed by atoms with Gasteiger partial charge in [-0.1, -0.05) is 0 Å². The van der Waals surface area contributed by atoms with E-state index in [1.165, 1.54) is 0 Å². The van der Waals surface area contributed by atoms with E-state index in [1.54, 1.807) is 0 Å². The first-order chi connectivity index (χ1) is 33.7. The zero-order valence-corrected chi connectivity index (χ0v) is 32.9. The normalized spacial score (nSPS) is 12.4. The Kier molecular flexibility index (Phi) is 13.8. The minimum absolute atomic E-state index is 0.927. The Balaban J connectivity index is 1.79. The number of benzene rings is 6. The van der Waals surface area contributed by atoms with Crippen LogP contribution < -0.4 is 9.80 Å². The summed E-state index contributed by atoms with van der Waals surface area (Å²) in [7, 11) is 0. The van der Waals surface area contributed by atoms with Crippen molar-refractivity contribution in [3.05, 3.63) is 162 Å². The first-order valence-electron chi connectivity index (χ1n) is 17.7. The van der Waals surface area contributed by atoms with Crippen LogP contribution in [0.15, 0.2) is 6.07 Å². The zero-order valence-electron chi connectivity index (χ0n) is 32.9. The molecule has 6 rings (SSSR count). The summed E-state index contributed by atoms with van der Waals surface area (Å²) in [5.74, 6) is -91.7. The van der Waals surface area contributed by atoms with Gasteiger partial charge in [0, 0.05) is 6.07 Å². The molecule has 35 heteroatoms. The molecule has 0 atom stereocenters. The average Bonchev–Trinajstić information content (AvgIpc) is 3.27. The van der Waals surface area contributed by atoms with E-state index in [1.807, 2.05) is 0 Å². The van der Waals surface area contributed by atoms with E-state index in [4.69, 9.17) is 0 Å². The second-order valence-corrected chi connectivity index (χ2v) is 13.9. The lowest BCUT2D eigenvalue weighted by atomic mass is 9.98. The zero-order chi connectivity index (χ0) is 56.6. The van der Waals surface area contributed by atoms with Crippen molar-refractivity contribution in [1.29, 1.82) is 0 Å². The molecule has 74 heavy (non-hydrogen) atoms. The number of anilines is 6. The molecular formula is C39HF33N2. The third-order valence-electron chi connectivity index (χ3n) is 9.73. The van der Waals surface area contributed by atoms with Crippen LogP contribution in [0.3, 0.4) is 0 Å². The summed E-state index contributed by atoms with van der Waals surface area (Å²) in [5.41, 5.74) is -40.0. The van der Waals surface area contributed by atoms with E-state index >= 15 is 70.2 Å². The van der Waals surface area contributed by atoms with Crippen LogP contribution >= 0.6 is 0 Å². The second-order valence-electron chi connectivity index (χ2n) is 13.9. The van der Waals surface area contributed by atoms with Gasteiger partial charge in [-0.05, 0) is 0 Å². The van der Waals surface area contributed by atoms with Crippen LogP contribution in [0.5, 0.6) is 0 Å². The smallest absolute Gasteiger partial charge is 0.294 e. The van der Waals surface area contributed by atoms with Gasteiger partial charge < -0.3 is 0 Å². The minimum atomic E-state index is -6.69. The molecule has 6 aromatic carbocycles. The Morgan fingerprint density at radius 1 is 0.203 bits per heavy atom. The van der Waals surface area contributed by atoms with Gasteiger partial charge in [-0.25, -0.2) is 105 Å². The molecule has 0 aliphatic rings. The highest BCUT2D eigenvalue weighted by Gasteiger charge is 2.50. The van der Waals surface area contributed by atoms with Crippen molar-refractivity contribution in [2.75, 3.05) is 9.80 Å². The summed E-state index contributed by atoms with van der Waals surface area (Å²) in [6.07, 6.45) is -20.0. The van der Waals surface area contributed by atoms with Crippen molar-refractivity contribution in [2.24, 2.45) is 0 Å². The van der Waals surface area contributed by atoms with Gasteiger partial charge in [0.2, 0.25) is 0 Å². The Labute approximate surface area is 381 Å². The summed E-state index contributed by atoms with van der Waals surface area (Å²) >= 11 is 0. The topological polar surface area (TPSA) is 6.48 Å². The van der Waals surface area contributed by atoms with Gasteiger partial charge in [-0.3, -0.25) is 9.80 Å². The Morgan fingerprint density at radius 2 is 0.351 bits per heavy atom. The first-order valence-corrected chi connectivity index (χ1v) is 17.7. The lowest BCUT2D eigenvalue weighted by Gasteiger charge is -2.30. The molecule has 6 aromatic rings. The molecule has 0 saturated carbocycles. The molecule has 0 aromatic heterocycles. The highest BCUT2D eigenvalue weighted by atomic mass is 19.4. The lowest BCUT2D eigenvalue weighted by Crippen LogP contribution is -2.26. The largest absolute Gasteiger partial charge is 0.422 e. The third-order valence-corrected chi connectivity index (χ3v) is 9.73. The van der Waals surface area contributed by atoms with Gasteiger partial charge in [-0.15, -0.1) is 0 Å². The average molecular weight is 1120 g/mol. The Hall–Kier alpha value is -7.39. The fourth-order valence-electron chi connectivity index (χ4n) is 6.70. The number of nitrogens with zero attached hydrogens (tertiary/aromatic N) is 2. The van der Waals surface area contributed by atoms with Gasteiger partial charge in [0.25, 0.3) is 0 Å². The summed E-state index contributed by atoms with van der Waals surface area (Å²) in [4.78, 5) is -4.43. The standard InChI is InChI=1S/C39HF33N2/c40-2-1-3(41)10(43)31(9(2)42)73(34-25(58)15(48)6(37(64,65)66)16(49)26(34)59)32-21(54)11(44)4(12(45)22(32)55)5-13(46)23(56)33(24(57)14(5)47)74(35-27(60)17(50)7(38(67,68)69)18(51)28(35)61)36-29(62)19(52)8(39(70,71)72)20(53)30(36)63/h1H. The maximum absolute atomic E-state index is 16.2. The predicted octanol–water partition coefficient (Wildman–Crippen LogP) is 16.7. The molecule has 0 amide bonds. The van der Waals surface area contributed by atoms with Crippen molar-refractivity contribution >= 4 is 34.1 Å². The molecule has 0 aliphatic carbocycles. The van der Waals surface area contributed by atoms with Gasteiger partial charge in [0.1, 0.15) is 50.8 Å². The highest BCUT2D eigenvalue weighted by Crippen LogP contribution is 2.53. The highest BCUT2D eigenvalue weighted by molar-refractivity contribution is 5.84. The fraction of sp³-hybridized carbons (Fsp3) is 0.0769. The monoisotopic (exact) mass is 1120 g/mol. The summed E-state index contributed by atoms with van der Waals surface area (Å²) in [6.45, 7) is 0. The molecule has 0 spiro atoms. The van der Waals surface area contributed by atoms with Crippen LogP contribution in [0.25, 0.3) is 11.1 Å². The summed E-state index contributed by atoms with van der Waals surface area (Å²) in [6, 6.07) is -0.927. The van der Waals surface area contributed by atoms with Crippen molar-refractivity contribution in [3.8, 4) is 11.1 Å². The molecule has 2 nitrogen and oxygen atoms in total. The van der Waals surface area contributed by atoms with Gasteiger partial charge in [0.05, 0.1) is 11.1 Å². The van der Waals surface area contributed by atoms with Crippen molar-refractivity contribution in [2.45, 2.75) is 18.5 Å². The Bertz CT molecular complexity index is 3150. The van der Waals surface area contributed by atoms with E-state index in [0.717, 1.165) is 0 Å². The third kappa shape index (κ3) is 8.19. The maximum atomic E-state index is 16.2. The van der Waals surface area contributed by atoms with E-state index in [2.05, 4.69) is 0 Å². The molecular weight excluding hydrogens is 1120 g/mol. The molecule has 0 fully saturated rings. The molecule has 0 heterocycles. The summed E-state index contributed by atoms with van der Waals surface area (Å²) in [5, 5.41) is 0. The van der Waals surface area contributed by atoms with Crippen LogP contribution in [0.2, 0.25) is 0 Å². The van der Waals surface area contributed by atoms with Crippen molar-refractivity contribution < 1.29 is 145 Å². The van der Waals surface area contributed by atoms with Crippen LogP contribution in [0.4, 0.5) is 179 Å². The van der Waals surface area contributed by atoms with Crippen molar-refractivity contribution in [3.63, 3.8) is 0 Å². The Morgan fingerprint density at radius 3 is 0.514 bits per heavy atom. The molecule has 0 N–H and O–H groups in total. The maximum Gasteiger partial charge on any atom is 0.422 e. The van der Waals surface area contributed by atoms with Crippen molar-refractivity contribution in [1.82, 2.24) is 0 Å². The van der Waals surface area contributed by atoms with Gasteiger partial charge >= 0.3 is 18.5 Å². The van der Waals surface area contributed by atoms with E-state index in [-0.39, 0.29) is 0 Å². The molecule has 0 aliphatic heterocycles. The van der Waals surface area contributed by atoms with E-state index < -0.39 is 236 Å². The summed E-state index contributed by atoms with van der Waals surface area (Å²) < 4.78 is 489. The first kappa shape index (κ1) is 55.9. The van der Waals surface area contributed by atoms with E-state index in [9.17, 15) is 74.6 Å². The molecule has 0 radical (unpaired) electrons. The van der Waals surface area contributed by atoms with Gasteiger partial charge in [0.15, 0.2) is 140 Å². The second kappa shape index (κ2) is 18.2. The van der Waals surface area contributed by atoms with Crippen LogP contribution in [0, 0.1) is 140 Å². The van der Waals surface area contributed by atoms with Gasteiger partial charge in [-0.2, -0.15) is 39.5 Å². The quantitative estimate of drug-likeness (QED) is 0.116. The lowest BCUT2D eigenvalue weighted by molar-refractivity contribution is -0.144.